The minimum Gasteiger partial charge on any atom is -0.495 e. The molecule has 0 saturated carbocycles. The van der Waals surface area contributed by atoms with E-state index in [0.29, 0.717) is 5.02 Å². The number of pyridine rings is 1. The van der Waals surface area contributed by atoms with Crippen LogP contribution < -0.4 is 9.46 Å². The number of halogens is 2. The lowest BCUT2D eigenvalue weighted by Crippen LogP contribution is -2.14. The van der Waals surface area contributed by atoms with Gasteiger partial charge in [0.05, 0.1) is 24.0 Å². The van der Waals surface area contributed by atoms with Crippen molar-refractivity contribution < 1.29 is 13.2 Å². The van der Waals surface area contributed by atoms with Crippen molar-refractivity contribution in [3.63, 3.8) is 0 Å². The molecule has 0 aliphatic heterocycles. The summed E-state index contributed by atoms with van der Waals surface area (Å²) in [6.45, 7) is 0. The third-order valence-corrected chi connectivity index (χ3v) is 4.40. The molecule has 20 heavy (non-hydrogen) atoms. The van der Waals surface area contributed by atoms with Crippen molar-refractivity contribution in [3.8, 4) is 5.75 Å². The van der Waals surface area contributed by atoms with E-state index in [4.69, 9.17) is 27.9 Å². The molecule has 1 heterocycles. The summed E-state index contributed by atoms with van der Waals surface area (Å²) in [5, 5.41) is 0.622. The van der Waals surface area contributed by atoms with E-state index in [1.807, 2.05) is 0 Å². The van der Waals surface area contributed by atoms with Gasteiger partial charge in [-0.25, -0.2) is 8.42 Å². The quantitative estimate of drug-likeness (QED) is 0.933. The number of benzene rings is 1. The van der Waals surface area contributed by atoms with Crippen molar-refractivity contribution in [3.05, 3.63) is 46.7 Å². The molecule has 106 valence electrons. The van der Waals surface area contributed by atoms with Crippen LogP contribution in [0.2, 0.25) is 10.0 Å². The number of sulfonamides is 1. The Hall–Kier alpha value is -1.50. The SMILES string of the molecule is COc1cc(Cl)ccc1S(=O)(=O)Nc1cnccc1Cl. The topological polar surface area (TPSA) is 68.3 Å². The molecule has 0 aliphatic carbocycles. The lowest BCUT2D eigenvalue weighted by atomic mass is 10.3. The van der Waals surface area contributed by atoms with Gasteiger partial charge in [0, 0.05) is 17.3 Å². The molecule has 0 saturated heterocycles. The molecule has 0 aliphatic rings. The molecule has 1 aromatic carbocycles. The first kappa shape index (κ1) is 14.9. The van der Waals surface area contributed by atoms with E-state index in [0.717, 1.165) is 0 Å². The van der Waals surface area contributed by atoms with Crippen LogP contribution in [0.25, 0.3) is 0 Å². The molecule has 0 spiro atoms. The summed E-state index contributed by atoms with van der Waals surface area (Å²) in [7, 11) is -2.49. The number of anilines is 1. The van der Waals surface area contributed by atoms with E-state index in [1.54, 1.807) is 0 Å². The molecule has 2 rings (SSSR count). The molecule has 0 atom stereocenters. The van der Waals surface area contributed by atoms with Gasteiger partial charge in [0.15, 0.2) is 0 Å². The highest BCUT2D eigenvalue weighted by atomic mass is 35.5. The second kappa shape index (κ2) is 5.87. The monoisotopic (exact) mass is 332 g/mol. The van der Waals surface area contributed by atoms with Crippen molar-refractivity contribution in [1.29, 1.82) is 0 Å². The Morgan fingerprint density at radius 2 is 2.00 bits per heavy atom. The minimum atomic E-state index is -3.85. The molecule has 1 aromatic heterocycles. The molecule has 2 aromatic rings. The van der Waals surface area contributed by atoms with E-state index in [1.165, 1.54) is 43.8 Å². The van der Waals surface area contributed by atoms with E-state index in [-0.39, 0.29) is 21.4 Å². The van der Waals surface area contributed by atoms with Crippen molar-refractivity contribution in [2.45, 2.75) is 4.90 Å². The van der Waals surface area contributed by atoms with Crippen LogP contribution in [0, 0.1) is 0 Å². The number of hydrogen-bond donors (Lipinski definition) is 1. The van der Waals surface area contributed by atoms with Gasteiger partial charge >= 0.3 is 0 Å². The molecule has 0 radical (unpaired) electrons. The predicted octanol–water partition coefficient (Wildman–Crippen LogP) is 3.20. The van der Waals surface area contributed by atoms with Gasteiger partial charge < -0.3 is 4.74 Å². The van der Waals surface area contributed by atoms with Gasteiger partial charge in [0.2, 0.25) is 0 Å². The van der Waals surface area contributed by atoms with E-state index < -0.39 is 10.0 Å². The van der Waals surface area contributed by atoms with Crippen LogP contribution in [0.4, 0.5) is 5.69 Å². The van der Waals surface area contributed by atoms with Crippen molar-refractivity contribution in [2.24, 2.45) is 0 Å². The van der Waals surface area contributed by atoms with Crippen molar-refractivity contribution >= 4 is 38.9 Å². The normalized spacial score (nSPS) is 11.2. The smallest absolute Gasteiger partial charge is 0.265 e. The van der Waals surface area contributed by atoms with Gasteiger partial charge in [0.1, 0.15) is 10.6 Å². The van der Waals surface area contributed by atoms with Gasteiger partial charge in [-0.15, -0.1) is 0 Å². The number of aromatic nitrogens is 1. The standard InChI is InChI=1S/C12H10Cl2N2O3S/c1-19-11-6-8(13)2-3-12(11)20(17,18)16-10-7-15-5-4-9(10)14/h2-7,16H,1H3. The average Bonchev–Trinajstić information content (AvgIpc) is 2.40. The fraction of sp³-hybridized carbons (Fsp3) is 0.0833. The molecule has 0 unspecified atom stereocenters. The highest BCUT2D eigenvalue weighted by molar-refractivity contribution is 7.92. The highest BCUT2D eigenvalue weighted by Gasteiger charge is 2.20. The van der Waals surface area contributed by atoms with Gasteiger partial charge in [-0.1, -0.05) is 23.2 Å². The average molecular weight is 333 g/mol. The van der Waals surface area contributed by atoms with E-state index in [2.05, 4.69) is 9.71 Å². The highest BCUT2D eigenvalue weighted by Crippen LogP contribution is 2.30. The zero-order valence-corrected chi connectivity index (χ0v) is 12.6. The summed E-state index contributed by atoms with van der Waals surface area (Å²) in [6, 6.07) is 5.72. The third-order valence-electron chi connectivity index (χ3n) is 2.43. The summed E-state index contributed by atoms with van der Waals surface area (Å²) >= 11 is 11.7. The van der Waals surface area contributed by atoms with E-state index in [9.17, 15) is 8.42 Å². The predicted molar refractivity (Wildman–Crippen MR) is 78.1 cm³/mol. The molecule has 0 fully saturated rings. The maximum absolute atomic E-state index is 12.3. The first-order chi connectivity index (χ1) is 9.44. The molecule has 0 amide bonds. The number of nitrogens with zero attached hydrogens (tertiary/aromatic N) is 1. The lowest BCUT2D eigenvalue weighted by molar-refractivity contribution is 0.403. The Kier molecular flexibility index (Phi) is 4.37. The number of rotatable bonds is 4. The second-order valence-corrected chi connectivity index (χ2v) is 6.25. The summed E-state index contributed by atoms with van der Waals surface area (Å²) in [5.41, 5.74) is 0.186. The zero-order valence-electron chi connectivity index (χ0n) is 10.3. The molecule has 1 N–H and O–H groups in total. The first-order valence-corrected chi connectivity index (χ1v) is 7.64. The Morgan fingerprint density at radius 3 is 2.65 bits per heavy atom. The minimum absolute atomic E-state index is 0.0377. The van der Waals surface area contributed by atoms with Crippen LogP contribution >= 0.6 is 23.2 Å². The lowest BCUT2D eigenvalue weighted by Gasteiger charge is -2.12. The van der Waals surface area contributed by atoms with Crippen LogP contribution in [0.3, 0.4) is 0 Å². The molecular weight excluding hydrogens is 323 g/mol. The molecule has 0 bridgehead atoms. The molecule has 8 heteroatoms. The molecular formula is C12H10Cl2N2O3S. The fourth-order valence-corrected chi connectivity index (χ4v) is 3.10. The van der Waals surface area contributed by atoms with Gasteiger partial charge in [0.25, 0.3) is 10.0 Å². The Morgan fingerprint density at radius 1 is 1.25 bits per heavy atom. The zero-order chi connectivity index (χ0) is 14.8. The summed E-state index contributed by atoms with van der Waals surface area (Å²) in [4.78, 5) is 3.78. The van der Waals surface area contributed by atoms with Gasteiger partial charge in [-0.2, -0.15) is 0 Å². The van der Waals surface area contributed by atoms with Crippen molar-refractivity contribution in [1.82, 2.24) is 4.98 Å². The number of nitrogens with one attached hydrogen (secondary N) is 1. The Balaban J connectivity index is 2.44. The van der Waals surface area contributed by atoms with E-state index >= 15 is 0 Å². The maximum Gasteiger partial charge on any atom is 0.265 e. The molecule has 5 nitrogen and oxygen atoms in total. The number of methoxy groups -OCH3 is 1. The largest absolute Gasteiger partial charge is 0.495 e. The van der Waals surface area contributed by atoms with Crippen LogP contribution in [0.1, 0.15) is 0 Å². The first-order valence-electron chi connectivity index (χ1n) is 5.40. The summed E-state index contributed by atoms with van der Waals surface area (Å²) in [5.74, 6) is 0.144. The Bertz CT molecular complexity index is 735. The summed E-state index contributed by atoms with van der Waals surface area (Å²) in [6.07, 6.45) is 2.78. The van der Waals surface area contributed by atoms with Crippen LogP contribution in [0.15, 0.2) is 41.6 Å². The van der Waals surface area contributed by atoms with Crippen LogP contribution in [-0.4, -0.2) is 20.5 Å². The Labute approximate surface area is 126 Å². The second-order valence-electron chi connectivity index (χ2n) is 3.76. The number of ether oxygens (including phenoxy) is 1. The maximum atomic E-state index is 12.3. The summed E-state index contributed by atoms with van der Waals surface area (Å²) < 4.78 is 32.0. The third kappa shape index (κ3) is 3.15. The van der Waals surface area contributed by atoms with Gasteiger partial charge in [-0.3, -0.25) is 9.71 Å². The van der Waals surface area contributed by atoms with Crippen LogP contribution in [-0.2, 0) is 10.0 Å². The van der Waals surface area contributed by atoms with Crippen molar-refractivity contribution in [2.75, 3.05) is 11.8 Å². The number of hydrogen-bond acceptors (Lipinski definition) is 4. The van der Waals surface area contributed by atoms with Crippen LogP contribution in [0.5, 0.6) is 5.75 Å². The van der Waals surface area contributed by atoms with Gasteiger partial charge in [-0.05, 0) is 18.2 Å². The fourth-order valence-electron chi connectivity index (χ4n) is 1.52.